The van der Waals surface area contributed by atoms with Crippen molar-refractivity contribution in [3.05, 3.63) is 27.2 Å². The molecule has 0 aromatic heterocycles. The Morgan fingerprint density at radius 2 is 1.88 bits per heavy atom. The molecule has 2 nitrogen and oxygen atoms in total. The van der Waals surface area contributed by atoms with Gasteiger partial charge in [0.15, 0.2) is 0 Å². The second-order valence-corrected chi connectivity index (χ2v) is 5.36. The number of halogens is 3. The SMILES string of the molecule is CN1CCC(Nc2cc(Cl)c(Cl)cc2Cl)C1. The lowest BCUT2D eigenvalue weighted by atomic mass is 10.2. The van der Waals surface area contributed by atoms with Gasteiger partial charge in [-0.25, -0.2) is 0 Å². The van der Waals surface area contributed by atoms with Crippen LogP contribution in [0.15, 0.2) is 12.1 Å². The van der Waals surface area contributed by atoms with Gasteiger partial charge in [-0.05, 0) is 32.1 Å². The maximum Gasteiger partial charge on any atom is 0.0653 e. The largest absolute Gasteiger partial charge is 0.380 e. The third-order valence-electron chi connectivity index (χ3n) is 2.76. The van der Waals surface area contributed by atoms with Gasteiger partial charge in [0, 0.05) is 12.6 Å². The van der Waals surface area contributed by atoms with Gasteiger partial charge in [0.2, 0.25) is 0 Å². The first-order valence-corrected chi connectivity index (χ1v) is 6.29. The van der Waals surface area contributed by atoms with Crippen molar-refractivity contribution in [1.82, 2.24) is 4.90 Å². The number of hydrogen-bond donors (Lipinski definition) is 1. The van der Waals surface area contributed by atoms with E-state index in [1.165, 1.54) is 0 Å². The molecule has 0 amide bonds. The van der Waals surface area contributed by atoms with Gasteiger partial charge >= 0.3 is 0 Å². The summed E-state index contributed by atoms with van der Waals surface area (Å²) in [6.07, 6.45) is 1.12. The topological polar surface area (TPSA) is 15.3 Å². The van der Waals surface area contributed by atoms with Crippen molar-refractivity contribution in [3.8, 4) is 0 Å². The summed E-state index contributed by atoms with van der Waals surface area (Å²) in [4.78, 5) is 2.28. The van der Waals surface area contributed by atoms with Gasteiger partial charge in [-0.2, -0.15) is 0 Å². The van der Waals surface area contributed by atoms with E-state index in [2.05, 4.69) is 17.3 Å². The molecule has 0 bridgehead atoms. The van der Waals surface area contributed by atoms with Crippen molar-refractivity contribution < 1.29 is 0 Å². The minimum Gasteiger partial charge on any atom is -0.380 e. The fourth-order valence-corrected chi connectivity index (χ4v) is 2.51. The molecule has 1 fully saturated rings. The smallest absolute Gasteiger partial charge is 0.0653 e. The second-order valence-electron chi connectivity index (χ2n) is 4.14. The minimum atomic E-state index is 0.430. The maximum absolute atomic E-state index is 6.10. The summed E-state index contributed by atoms with van der Waals surface area (Å²) in [7, 11) is 2.11. The number of anilines is 1. The highest BCUT2D eigenvalue weighted by molar-refractivity contribution is 6.44. The van der Waals surface area contributed by atoms with Crippen molar-refractivity contribution in [2.24, 2.45) is 0 Å². The van der Waals surface area contributed by atoms with Gasteiger partial charge in [-0.3, -0.25) is 0 Å². The van der Waals surface area contributed by atoms with Crippen LogP contribution >= 0.6 is 34.8 Å². The summed E-state index contributed by atoms with van der Waals surface area (Å²) in [5.74, 6) is 0. The molecule has 0 saturated carbocycles. The highest BCUT2D eigenvalue weighted by Gasteiger charge is 2.20. The predicted octanol–water partition coefficient (Wildman–Crippen LogP) is 3.76. The number of benzene rings is 1. The summed E-state index contributed by atoms with van der Waals surface area (Å²) < 4.78 is 0. The van der Waals surface area contributed by atoms with Gasteiger partial charge in [-0.15, -0.1) is 0 Å². The van der Waals surface area contributed by atoms with Crippen LogP contribution in [-0.2, 0) is 0 Å². The Balaban J connectivity index is 2.12. The van der Waals surface area contributed by atoms with Crippen molar-refractivity contribution in [2.45, 2.75) is 12.5 Å². The third kappa shape index (κ3) is 2.75. The van der Waals surface area contributed by atoms with Crippen molar-refractivity contribution in [1.29, 1.82) is 0 Å². The van der Waals surface area contributed by atoms with E-state index >= 15 is 0 Å². The standard InChI is InChI=1S/C11H13Cl3N2/c1-16-3-2-7(6-16)15-11-5-9(13)8(12)4-10(11)14/h4-5,7,15H,2-3,6H2,1H3. The molecule has 2 rings (SSSR count). The zero-order chi connectivity index (χ0) is 11.7. The van der Waals surface area contributed by atoms with E-state index < -0.39 is 0 Å². The lowest BCUT2D eigenvalue weighted by Crippen LogP contribution is -2.23. The van der Waals surface area contributed by atoms with E-state index in [4.69, 9.17) is 34.8 Å². The molecule has 0 spiro atoms. The number of likely N-dealkylation sites (tertiary alicyclic amines) is 1. The first kappa shape index (κ1) is 12.3. The Bertz CT molecular complexity index is 395. The number of nitrogens with one attached hydrogen (secondary N) is 1. The molecule has 1 atom stereocenters. The maximum atomic E-state index is 6.10. The monoisotopic (exact) mass is 278 g/mol. The van der Waals surface area contributed by atoms with Crippen LogP contribution < -0.4 is 5.32 Å². The van der Waals surface area contributed by atoms with Crippen LogP contribution in [0.25, 0.3) is 0 Å². The van der Waals surface area contributed by atoms with Gasteiger partial charge in [0.1, 0.15) is 0 Å². The summed E-state index contributed by atoms with van der Waals surface area (Å²) in [5, 5.41) is 5.02. The number of rotatable bonds is 2. The highest BCUT2D eigenvalue weighted by Crippen LogP contribution is 2.33. The average Bonchev–Trinajstić information content (AvgIpc) is 2.60. The van der Waals surface area contributed by atoms with E-state index in [-0.39, 0.29) is 0 Å². The van der Waals surface area contributed by atoms with Crippen molar-refractivity contribution in [2.75, 3.05) is 25.5 Å². The zero-order valence-electron chi connectivity index (χ0n) is 8.93. The molecule has 1 heterocycles. The van der Waals surface area contributed by atoms with Crippen LogP contribution in [0.3, 0.4) is 0 Å². The van der Waals surface area contributed by atoms with Crippen LogP contribution in [0.1, 0.15) is 6.42 Å². The number of nitrogens with zero attached hydrogens (tertiary/aromatic N) is 1. The normalized spacial score (nSPS) is 21.4. The molecule has 1 unspecified atom stereocenters. The van der Waals surface area contributed by atoms with Crippen molar-refractivity contribution in [3.63, 3.8) is 0 Å². The van der Waals surface area contributed by atoms with E-state index in [9.17, 15) is 0 Å². The van der Waals surface area contributed by atoms with Crippen LogP contribution in [0.2, 0.25) is 15.1 Å². The number of hydrogen-bond acceptors (Lipinski definition) is 2. The van der Waals surface area contributed by atoms with Crippen molar-refractivity contribution >= 4 is 40.5 Å². The summed E-state index contributed by atoms with van der Waals surface area (Å²) in [5.41, 5.74) is 0.858. The van der Waals surface area contributed by atoms with Crippen LogP contribution in [-0.4, -0.2) is 31.1 Å². The quantitative estimate of drug-likeness (QED) is 0.829. The highest BCUT2D eigenvalue weighted by atomic mass is 35.5. The lowest BCUT2D eigenvalue weighted by Gasteiger charge is -2.16. The Hall–Kier alpha value is -0.150. The molecule has 0 radical (unpaired) electrons. The number of likely N-dealkylation sites (N-methyl/N-ethyl adjacent to an activating group) is 1. The Morgan fingerprint density at radius 3 is 2.50 bits per heavy atom. The van der Waals surface area contributed by atoms with Gasteiger partial charge in [0.25, 0.3) is 0 Å². The van der Waals surface area contributed by atoms with Gasteiger partial charge in [-0.1, -0.05) is 34.8 Å². The second kappa shape index (κ2) is 5.01. The molecule has 1 saturated heterocycles. The molecule has 1 aliphatic heterocycles. The Labute approximate surface area is 110 Å². The first-order valence-electron chi connectivity index (χ1n) is 5.16. The molecule has 0 aliphatic carbocycles. The molecular weight excluding hydrogens is 266 g/mol. The van der Waals surface area contributed by atoms with E-state index in [0.29, 0.717) is 21.1 Å². The van der Waals surface area contributed by atoms with E-state index in [1.807, 2.05) is 0 Å². The molecular formula is C11H13Cl3N2. The molecule has 16 heavy (non-hydrogen) atoms. The lowest BCUT2D eigenvalue weighted by molar-refractivity contribution is 0.414. The van der Waals surface area contributed by atoms with E-state index in [1.54, 1.807) is 12.1 Å². The minimum absolute atomic E-state index is 0.430. The van der Waals surface area contributed by atoms with Gasteiger partial charge in [0.05, 0.1) is 20.8 Å². The molecule has 1 aliphatic rings. The summed E-state index contributed by atoms with van der Waals surface area (Å²) >= 11 is 17.9. The fourth-order valence-electron chi connectivity index (χ4n) is 1.91. The van der Waals surface area contributed by atoms with Crippen LogP contribution in [0.5, 0.6) is 0 Å². The van der Waals surface area contributed by atoms with Crippen LogP contribution in [0.4, 0.5) is 5.69 Å². The molecule has 88 valence electrons. The predicted molar refractivity (Wildman–Crippen MR) is 71.0 cm³/mol. The zero-order valence-corrected chi connectivity index (χ0v) is 11.2. The Kier molecular flexibility index (Phi) is 3.85. The summed E-state index contributed by atoms with van der Waals surface area (Å²) in [6.45, 7) is 2.13. The fraction of sp³-hybridized carbons (Fsp3) is 0.455. The van der Waals surface area contributed by atoms with E-state index in [0.717, 1.165) is 25.2 Å². The molecule has 5 heteroatoms. The Morgan fingerprint density at radius 1 is 1.19 bits per heavy atom. The molecule has 1 aromatic rings. The van der Waals surface area contributed by atoms with Gasteiger partial charge < -0.3 is 10.2 Å². The average molecular weight is 280 g/mol. The third-order valence-corrected chi connectivity index (χ3v) is 3.80. The molecule has 1 N–H and O–H groups in total. The summed E-state index contributed by atoms with van der Waals surface area (Å²) in [6, 6.07) is 3.89. The first-order chi connectivity index (χ1) is 7.56. The van der Waals surface area contributed by atoms with Crippen LogP contribution in [0, 0.1) is 0 Å². The molecule has 1 aromatic carbocycles.